The fraction of sp³-hybridized carbons (Fsp3) is 0.167. The molecule has 0 aliphatic carbocycles. The number of benzene rings is 1. The van der Waals surface area contributed by atoms with Crippen LogP contribution in [0.1, 0.15) is 6.92 Å². The van der Waals surface area contributed by atoms with E-state index >= 15 is 0 Å². The van der Waals surface area contributed by atoms with Gasteiger partial charge in [-0.25, -0.2) is 8.42 Å². The van der Waals surface area contributed by atoms with Gasteiger partial charge in [-0.05, 0) is 37.3 Å². The highest BCUT2D eigenvalue weighted by Gasteiger charge is 2.08. The summed E-state index contributed by atoms with van der Waals surface area (Å²) in [6, 6.07) is 8.09. The van der Waals surface area contributed by atoms with Gasteiger partial charge >= 0.3 is 0 Å². The number of rotatable bonds is 5. The van der Waals surface area contributed by atoms with E-state index in [1.54, 1.807) is 24.3 Å². The van der Waals surface area contributed by atoms with Crippen molar-refractivity contribution in [3.8, 4) is 0 Å². The summed E-state index contributed by atoms with van der Waals surface area (Å²) in [4.78, 5) is 0. The molecule has 0 radical (unpaired) electrons. The lowest BCUT2D eigenvalue weighted by Gasteiger charge is -2.08. The lowest BCUT2D eigenvalue weighted by molar-refractivity contribution is 0.602. The van der Waals surface area contributed by atoms with Crippen LogP contribution in [0, 0.1) is 0 Å². The largest absolute Gasteiger partial charge is 0.338 e. The van der Waals surface area contributed by atoms with Crippen molar-refractivity contribution in [2.45, 2.75) is 6.92 Å². The van der Waals surface area contributed by atoms with E-state index in [-0.39, 0.29) is 11.6 Å². The van der Waals surface area contributed by atoms with Crippen molar-refractivity contribution >= 4 is 50.5 Å². The second-order valence-corrected chi connectivity index (χ2v) is 6.91. The number of sulfonamides is 1. The predicted octanol–water partition coefficient (Wildman–Crippen LogP) is 3.29. The van der Waals surface area contributed by atoms with Crippen LogP contribution >= 0.6 is 23.2 Å². The maximum Gasteiger partial charge on any atom is 0.233 e. The number of hydrogen-bond donors (Lipinski definition) is 2. The molecule has 6 nitrogen and oxygen atoms in total. The maximum atomic E-state index is 11.4. The van der Waals surface area contributed by atoms with E-state index in [1.807, 2.05) is 0 Å². The van der Waals surface area contributed by atoms with Crippen molar-refractivity contribution in [1.29, 1.82) is 0 Å². The molecule has 0 amide bonds. The van der Waals surface area contributed by atoms with Crippen LogP contribution in [0.3, 0.4) is 0 Å². The van der Waals surface area contributed by atoms with E-state index in [4.69, 9.17) is 23.2 Å². The molecule has 21 heavy (non-hydrogen) atoms. The molecule has 0 fully saturated rings. The Kier molecular flexibility index (Phi) is 4.87. The Hall–Kier alpha value is -1.57. The molecule has 112 valence electrons. The number of aromatic nitrogens is 2. The van der Waals surface area contributed by atoms with E-state index < -0.39 is 10.0 Å². The zero-order valence-corrected chi connectivity index (χ0v) is 13.3. The van der Waals surface area contributed by atoms with Crippen LogP contribution in [-0.2, 0) is 10.0 Å². The molecule has 0 saturated heterocycles. The average molecular weight is 347 g/mol. The molecule has 0 spiro atoms. The van der Waals surface area contributed by atoms with Crippen LogP contribution in [-0.4, -0.2) is 24.4 Å². The summed E-state index contributed by atoms with van der Waals surface area (Å²) in [7, 11) is -3.36. The minimum atomic E-state index is -3.36. The molecule has 2 aromatic rings. The third-order valence-electron chi connectivity index (χ3n) is 2.50. The second kappa shape index (κ2) is 6.46. The van der Waals surface area contributed by atoms with E-state index in [0.717, 1.165) is 0 Å². The van der Waals surface area contributed by atoms with Gasteiger partial charge in [0.25, 0.3) is 0 Å². The Labute approximate surface area is 132 Å². The van der Waals surface area contributed by atoms with Crippen molar-refractivity contribution in [2.24, 2.45) is 0 Å². The number of halogens is 2. The first-order valence-electron chi connectivity index (χ1n) is 5.96. The number of anilines is 3. The highest BCUT2D eigenvalue weighted by Crippen LogP contribution is 2.27. The fourth-order valence-electron chi connectivity index (χ4n) is 1.41. The Morgan fingerprint density at radius 2 is 1.76 bits per heavy atom. The summed E-state index contributed by atoms with van der Waals surface area (Å²) in [6.45, 7) is 1.54. The van der Waals surface area contributed by atoms with Gasteiger partial charge in [0.2, 0.25) is 10.0 Å². The van der Waals surface area contributed by atoms with E-state index in [0.29, 0.717) is 21.6 Å². The summed E-state index contributed by atoms with van der Waals surface area (Å²) < 4.78 is 25.1. The van der Waals surface area contributed by atoms with Crippen molar-refractivity contribution < 1.29 is 8.42 Å². The van der Waals surface area contributed by atoms with Gasteiger partial charge in [0.05, 0.1) is 16.5 Å². The summed E-state index contributed by atoms with van der Waals surface area (Å²) >= 11 is 11.8. The number of nitrogens with zero attached hydrogens (tertiary/aromatic N) is 2. The van der Waals surface area contributed by atoms with Crippen LogP contribution in [0.2, 0.25) is 10.0 Å². The van der Waals surface area contributed by atoms with Gasteiger partial charge in [0.15, 0.2) is 11.6 Å². The molecule has 2 N–H and O–H groups in total. The molecule has 0 aliphatic heterocycles. The summed E-state index contributed by atoms with van der Waals surface area (Å²) in [5.41, 5.74) is 0.622. The predicted molar refractivity (Wildman–Crippen MR) is 84.9 cm³/mol. The molecule has 0 aliphatic rings. The molecular formula is C12H12Cl2N4O2S. The summed E-state index contributed by atoms with van der Waals surface area (Å²) in [5.74, 6) is 0.554. The van der Waals surface area contributed by atoms with Crippen LogP contribution in [0.25, 0.3) is 0 Å². The average Bonchev–Trinajstić information content (AvgIpc) is 2.44. The van der Waals surface area contributed by atoms with Crippen LogP contribution in [0.5, 0.6) is 0 Å². The van der Waals surface area contributed by atoms with Gasteiger partial charge in [-0.15, -0.1) is 10.2 Å². The quantitative estimate of drug-likeness (QED) is 0.867. The Morgan fingerprint density at radius 1 is 1.10 bits per heavy atom. The van der Waals surface area contributed by atoms with Crippen molar-refractivity contribution in [3.63, 3.8) is 0 Å². The van der Waals surface area contributed by atoms with E-state index in [1.165, 1.54) is 13.0 Å². The first-order valence-corrected chi connectivity index (χ1v) is 8.37. The lowest BCUT2D eigenvalue weighted by Crippen LogP contribution is -2.15. The Morgan fingerprint density at radius 3 is 2.33 bits per heavy atom. The molecule has 9 heteroatoms. The van der Waals surface area contributed by atoms with Gasteiger partial charge in [-0.3, -0.25) is 4.72 Å². The molecule has 0 bridgehead atoms. The normalized spacial score (nSPS) is 11.2. The molecule has 0 unspecified atom stereocenters. The van der Waals surface area contributed by atoms with Crippen LogP contribution < -0.4 is 10.0 Å². The zero-order valence-electron chi connectivity index (χ0n) is 11.0. The maximum absolute atomic E-state index is 11.4. The summed E-state index contributed by atoms with van der Waals surface area (Å²) in [6.07, 6.45) is 0. The Balaban J connectivity index is 2.12. The standard InChI is InChI=1S/C12H12Cl2N4O2S/c1-2-21(19,20)18-12-6-5-11(16-17-12)15-10-4-3-8(13)7-9(10)14/h3-7H,2H2,1H3,(H,15,16)(H,17,18). The number of hydrogen-bond acceptors (Lipinski definition) is 5. The second-order valence-electron chi connectivity index (χ2n) is 4.06. The van der Waals surface area contributed by atoms with Gasteiger partial charge in [0, 0.05) is 5.02 Å². The van der Waals surface area contributed by atoms with Crippen molar-refractivity contribution in [1.82, 2.24) is 10.2 Å². The molecule has 1 aromatic carbocycles. The zero-order chi connectivity index (χ0) is 15.5. The molecule has 1 heterocycles. The molecule has 2 rings (SSSR count). The Bertz CT molecular complexity index is 735. The smallest absolute Gasteiger partial charge is 0.233 e. The first-order chi connectivity index (χ1) is 9.89. The highest BCUT2D eigenvalue weighted by atomic mass is 35.5. The first kappa shape index (κ1) is 15.8. The minimum absolute atomic E-state index is 0.0327. The molecule has 0 saturated carbocycles. The van der Waals surface area contributed by atoms with Gasteiger partial charge in [0.1, 0.15) is 0 Å². The monoisotopic (exact) mass is 346 g/mol. The van der Waals surface area contributed by atoms with Crippen LogP contribution in [0.4, 0.5) is 17.3 Å². The molecule has 0 atom stereocenters. The van der Waals surface area contributed by atoms with E-state index in [2.05, 4.69) is 20.2 Å². The third kappa shape index (κ3) is 4.45. The van der Waals surface area contributed by atoms with Gasteiger partial charge < -0.3 is 5.32 Å². The van der Waals surface area contributed by atoms with E-state index in [9.17, 15) is 8.42 Å². The number of nitrogens with one attached hydrogen (secondary N) is 2. The molecule has 1 aromatic heterocycles. The molecular weight excluding hydrogens is 335 g/mol. The summed E-state index contributed by atoms with van der Waals surface area (Å²) in [5, 5.41) is 11.6. The van der Waals surface area contributed by atoms with Crippen molar-refractivity contribution in [2.75, 3.05) is 15.8 Å². The van der Waals surface area contributed by atoms with Gasteiger partial charge in [-0.2, -0.15) is 0 Å². The third-order valence-corrected chi connectivity index (χ3v) is 4.33. The highest BCUT2D eigenvalue weighted by molar-refractivity contribution is 7.92. The topological polar surface area (TPSA) is 84.0 Å². The van der Waals surface area contributed by atoms with Crippen LogP contribution in [0.15, 0.2) is 30.3 Å². The lowest BCUT2D eigenvalue weighted by atomic mass is 10.3. The van der Waals surface area contributed by atoms with Gasteiger partial charge in [-0.1, -0.05) is 23.2 Å². The fourth-order valence-corrected chi connectivity index (χ4v) is 2.44. The SMILES string of the molecule is CCS(=O)(=O)Nc1ccc(Nc2ccc(Cl)cc2Cl)nn1. The minimum Gasteiger partial charge on any atom is -0.338 e. The van der Waals surface area contributed by atoms with Crippen molar-refractivity contribution in [3.05, 3.63) is 40.4 Å².